The highest BCUT2D eigenvalue weighted by atomic mass is 16.5. The van der Waals surface area contributed by atoms with Crippen molar-refractivity contribution < 1.29 is 9.53 Å². The number of amides is 1. The summed E-state index contributed by atoms with van der Waals surface area (Å²) >= 11 is 0. The lowest BCUT2D eigenvalue weighted by molar-refractivity contribution is -0.125. The normalized spacial score (nSPS) is 19.2. The van der Waals surface area contributed by atoms with Crippen LogP contribution in [0.15, 0.2) is 48.9 Å². The lowest BCUT2D eigenvalue weighted by Crippen LogP contribution is -2.43. The molecule has 32 heavy (non-hydrogen) atoms. The summed E-state index contributed by atoms with van der Waals surface area (Å²) in [6.07, 6.45) is 7.03. The fraction of sp³-hybridized carbons (Fsp3) is 0.417. The van der Waals surface area contributed by atoms with Crippen molar-refractivity contribution in [2.75, 3.05) is 49.2 Å². The first-order valence-corrected chi connectivity index (χ1v) is 11.3. The maximum absolute atomic E-state index is 12.9. The van der Waals surface area contributed by atoms with E-state index in [0.29, 0.717) is 18.7 Å². The van der Waals surface area contributed by atoms with Gasteiger partial charge in [-0.25, -0.2) is 9.97 Å². The summed E-state index contributed by atoms with van der Waals surface area (Å²) in [6.45, 7) is 5.56. The van der Waals surface area contributed by atoms with Crippen molar-refractivity contribution in [3.05, 3.63) is 54.5 Å². The molecule has 0 radical (unpaired) electrons. The predicted octanol–water partition coefficient (Wildman–Crippen LogP) is 2.39. The van der Waals surface area contributed by atoms with Crippen LogP contribution in [0.3, 0.4) is 0 Å². The molecule has 8 heteroatoms. The van der Waals surface area contributed by atoms with E-state index < -0.39 is 0 Å². The third-order valence-electron chi connectivity index (χ3n) is 6.25. The Balaban J connectivity index is 1.17. The summed E-state index contributed by atoms with van der Waals surface area (Å²) in [5.74, 6) is 0.0782. The molecule has 1 amide bonds. The molecule has 0 saturated carbocycles. The number of carbonyl (C=O) groups is 1. The Kier molecular flexibility index (Phi) is 6.11. The molecule has 1 aromatic carbocycles. The van der Waals surface area contributed by atoms with Gasteiger partial charge in [-0.1, -0.05) is 12.1 Å². The minimum absolute atomic E-state index is 0.0334. The van der Waals surface area contributed by atoms with Gasteiger partial charge in [0.25, 0.3) is 0 Å². The monoisotopic (exact) mass is 432 g/mol. The molecule has 166 valence electrons. The fourth-order valence-electron chi connectivity index (χ4n) is 4.43. The topological polar surface area (TPSA) is 83.5 Å². The van der Waals surface area contributed by atoms with Gasteiger partial charge in [-0.15, -0.1) is 0 Å². The van der Waals surface area contributed by atoms with Gasteiger partial charge in [-0.2, -0.15) is 0 Å². The zero-order chi connectivity index (χ0) is 21.8. The van der Waals surface area contributed by atoms with Gasteiger partial charge in [0, 0.05) is 50.8 Å². The zero-order valence-corrected chi connectivity index (χ0v) is 18.1. The summed E-state index contributed by atoms with van der Waals surface area (Å²) in [5.41, 5.74) is 4.73. The summed E-state index contributed by atoms with van der Waals surface area (Å²) < 4.78 is 5.42. The first-order chi connectivity index (χ1) is 15.8. The Hall–Kier alpha value is -3.26. The highest BCUT2D eigenvalue weighted by molar-refractivity contribution is 5.80. The average molecular weight is 433 g/mol. The van der Waals surface area contributed by atoms with Crippen LogP contribution >= 0.6 is 0 Å². The molecule has 0 bridgehead atoms. The van der Waals surface area contributed by atoms with Gasteiger partial charge < -0.3 is 19.9 Å². The van der Waals surface area contributed by atoms with Crippen LogP contribution < -0.4 is 15.1 Å². The van der Waals surface area contributed by atoms with Crippen molar-refractivity contribution in [1.82, 2.24) is 20.3 Å². The van der Waals surface area contributed by atoms with E-state index in [1.807, 2.05) is 12.3 Å². The van der Waals surface area contributed by atoms with E-state index in [9.17, 15) is 4.79 Å². The average Bonchev–Trinajstić information content (AvgIpc) is 2.88. The minimum atomic E-state index is -0.0334. The van der Waals surface area contributed by atoms with Crippen LogP contribution in [0.2, 0.25) is 0 Å². The lowest BCUT2D eigenvalue weighted by atomic mass is 9.96. The van der Waals surface area contributed by atoms with Gasteiger partial charge in [0.1, 0.15) is 5.52 Å². The van der Waals surface area contributed by atoms with Crippen molar-refractivity contribution in [2.24, 2.45) is 5.92 Å². The molecule has 2 aromatic heterocycles. The van der Waals surface area contributed by atoms with Crippen molar-refractivity contribution >= 4 is 28.4 Å². The van der Waals surface area contributed by atoms with Crippen LogP contribution in [-0.4, -0.2) is 60.3 Å². The number of pyridine rings is 1. The number of aromatic nitrogens is 3. The number of nitrogens with one attached hydrogen (secondary N) is 1. The van der Waals surface area contributed by atoms with Crippen molar-refractivity contribution in [3.63, 3.8) is 0 Å². The highest BCUT2D eigenvalue weighted by Crippen LogP contribution is 2.24. The molecule has 0 unspecified atom stereocenters. The van der Waals surface area contributed by atoms with Crippen LogP contribution in [0.25, 0.3) is 11.2 Å². The zero-order valence-electron chi connectivity index (χ0n) is 18.1. The molecule has 2 aliphatic heterocycles. The molecule has 0 aliphatic carbocycles. The highest BCUT2D eigenvalue weighted by Gasteiger charge is 2.26. The van der Waals surface area contributed by atoms with E-state index in [-0.39, 0.29) is 11.8 Å². The molecule has 8 nitrogen and oxygen atoms in total. The fourth-order valence-corrected chi connectivity index (χ4v) is 4.43. The summed E-state index contributed by atoms with van der Waals surface area (Å²) in [7, 11) is 0. The Labute approximate surface area is 187 Å². The largest absolute Gasteiger partial charge is 0.378 e. The molecule has 1 N–H and O–H groups in total. The number of piperidine rings is 1. The lowest BCUT2D eigenvalue weighted by Gasteiger charge is -2.33. The molecule has 1 atom stereocenters. The Morgan fingerprint density at radius 2 is 1.81 bits per heavy atom. The van der Waals surface area contributed by atoms with Crippen molar-refractivity contribution in [1.29, 1.82) is 0 Å². The number of fused-ring (bicyclic) bond motifs is 1. The van der Waals surface area contributed by atoms with Crippen LogP contribution in [0, 0.1) is 5.92 Å². The second-order valence-corrected chi connectivity index (χ2v) is 8.36. The molecule has 5 rings (SSSR count). The number of ether oxygens (including phenoxy) is 1. The molecular formula is C24H28N6O2. The first kappa shape index (κ1) is 20.6. The van der Waals surface area contributed by atoms with Crippen LogP contribution in [0.4, 0.5) is 11.4 Å². The number of rotatable bonds is 5. The number of hydrogen-bond donors (Lipinski definition) is 1. The molecule has 3 aromatic rings. The number of carbonyl (C=O) groups excluding carboxylic acids is 1. The molecular weight excluding hydrogens is 404 g/mol. The third kappa shape index (κ3) is 4.65. The minimum Gasteiger partial charge on any atom is -0.378 e. The third-order valence-corrected chi connectivity index (χ3v) is 6.25. The second-order valence-electron chi connectivity index (χ2n) is 8.36. The van der Waals surface area contributed by atoms with E-state index >= 15 is 0 Å². The Bertz CT molecular complexity index is 1070. The number of morpholine rings is 1. The number of anilines is 2. The van der Waals surface area contributed by atoms with Crippen LogP contribution in [0.1, 0.15) is 18.4 Å². The van der Waals surface area contributed by atoms with Gasteiger partial charge in [-0.05, 0) is 36.6 Å². The maximum atomic E-state index is 12.9. The Morgan fingerprint density at radius 1 is 1.00 bits per heavy atom. The summed E-state index contributed by atoms with van der Waals surface area (Å²) in [6, 6.07) is 10.5. The second kappa shape index (κ2) is 9.48. The van der Waals surface area contributed by atoms with E-state index in [1.54, 1.807) is 12.4 Å². The van der Waals surface area contributed by atoms with Gasteiger partial charge in [0.05, 0.1) is 31.0 Å². The van der Waals surface area contributed by atoms with Gasteiger partial charge in [0.15, 0.2) is 5.65 Å². The van der Waals surface area contributed by atoms with Gasteiger partial charge >= 0.3 is 0 Å². The Morgan fingerprint density at radius 3 is 2.66 bits per heavy atom. The summed E-state index contributed by atoms with van der Waals surface area (Å²) in [5, 5.41) is 3.13. The van der Waals surface area contributed by atoms with Crippen molar-refractivity contribution in [2.45, 2.75) is 19.4 Å². The van der Waals surface area contributed by atoms with E-state index in [2.05, 4.69) is 54.3 Å². The molecule has 2 fully saturated rings. The molecule has 4 heterocycles. The maximum Gasteiger partial charge on any atom is 0.225 e. The number of nitrogens with zero attached hydrogens (tertiary/aromatic N) is 5. The summed E-state index contributed by atoms with van der Waals surface area (Å²) in [4.78, 5) is 30.4. The van der Waals surface area contributed by atoms with E-state index in [0.717, 1.165) is 62.5 Å². The van der Waals surface area contributed by atoms with Crippen LogP contribution in [-0.2, 0) is 16.1 Å². The smallest absolute Gasteiger partial charge is 0.225 e. The number of benzene rings is 1. The van der Waals surface area contributed by atoms with Crippen LogP contribution in [0.5, 0.6) is 0 Å². The molecule has 0 spiro atoms. The van der Waals surface area contributed by atoms with E-state index in [4.69, 9.17) is 4.74 Å². The standard InChI is InChI=1S/C24H28N6O2/c31-24(28-15-18-3-5-20(6-4-18)29-10-12-32-13-11-29)19-2-1-9-30(17-19)21-14-22-23(27-16-21)26-8-7-25-22/h3-8,14,16,19H,1-2,9-13,15,17H2,(H,28,31)/t19-/m1/s1. The van der Waals surface area contributed by atoms with E-state index in [1.165, 1.54) is 5.69 Å². The number of hydrogen-bond acceptors (Lipinski definition) is 7. The molecule has 2 aliphatic rings. The first-order valence-electron chi connectivity index (χ1n) is 11.3. The quantitative estimate of drug-likeness (QED) is 0.663. The van der Waals surface area contributed by atoms with Crippen molar-refractivity contribution in [3.8, 4) is 0 Å². The predicted molar refractivity (Wildman–Crippen MR) is 124 cm³/mol. The van der Waals surface area contributed by atoms with Gasteiger partial charge in [0.2, 0.25) is 5.91 Å². The SMILES string of the molecule is O=C(NCc1ccc(N2CCOCC2)cc1)[C@@H]1CCCN(c2cnc3nccnc3c2)C1. The van der Waals surface area contributed by atoms with Gasteiger partial charge in [-0.3, -0.25) is 9.78 Å². The molecule has 2 saturated heterocycles.